The number of benzene rings is 1. The van der Waals surface area contributed by atoms with Gasteiger partial charge in [0.1, 0.15) is 0 Å². The zero-order valence-corrected chi connectivity index (χ0v) is 11.9. The molecule has 1 aromatic rings. The highest BCUT2D eigenvalue weighted by molar-refractivity contribution is 7.91. The fourth-order valence-electron chi connectivity index (χ4n) is 1.40. The largest absolute Gasteiger partial charge is 0.398 e. The Balaban J connectivity index is 2.66. The van der Waals surface area contributed by atoms with E-state index < -0.39 is 9.84 Å². The van der Waals surface area contributed by atoms with Crippen molar-refractivity contribution in [2.45, 2.75) is 24.7 Å². The summed E-state index contributed by atoms with van der Waals surface area (Å²) in [6.07, 6.45) is 1.95. The Morgan fingerprint density at radius 3 is 2.72 bits per heavy atom. The van der Waals surface area contributed by atoms with Crippen LogP contribution >= 0.6 is 11.6 Å². The molecule has 18 heavy (non-hydrogen) atoms. The van der Waals surface area contributed by atoms with Crippen LogP contribution in [0.3, 0.4) is 0 Å². The molecule has 0 aliphatic rings. The summed E-state index contributed by atoms with van der Waals surface area (Å²) in [5.74, 6) is -0.0821. The fraction of sp³-hybridized carbons (Fsp3) is 0.500. The van der Waals surface area contributed by atoms with Crippen molar-refractivity contribution >= 4 is 27.1 Å². The van der Waals surface area contributed by atoms with Gasteiger partial charge in [-0.05, 0) is 24.6 Å². The van der Waals surface area contributed by atoms with Crippen molar-refractivity contribution in [3.8, 4) is 0 Å². The third-order valence-corrected chi connectivity index (χ3v) is 4.41. The summed E-state index contributed by atoms with van der Waals surface area (Å²) >= 11 is 5.77. The standard InChI is InChI=1S/C12H18ClNO3S/c1-2-3-6-17-7-8-18(15,16)12-9-10(13)4-5-11(12)14/h4-5,9H,2-3,6-8,14H2,1H3. The van der Waals surface area contributed by atoms with Gasteiger partial charge in [0.05, 0.1) is 22.9 Å². The lowest BCUT2D eigenvalue weighted by atomic mass is 10.3. The van der Waals surface area contributed by atoms with Gasteiger partial charge in [-0.2, -0.15) is 0 Å². The molecule has 0 heterocycles. The Morgan fingerprint density at radius 2 is 2.06 bits per heavy atom. The quantitative estimate of drug-likeness (QED) is 0.619. The first-order valence-electron chi connectivity index (χ1n) is 5.83. The Bertz CT molecular complexity index is 488. The van der Waals surface area contributed by atoms with Gasteiger partial charge in [0.15, 0.2) is 9.84 Å². The molecule has 0 spiro atoms. The van der Waals surface area contributed by atoms with E-state index in [0.717, 1.165) is 12.8 Å². The number of rotatable bonds is 7. The second-order valence-corrected chi connectivity index (χ2v) is 6.48. The molecule has 0 bridgehead atoms. The van der Waals surface area contributed by atoms with Crippen molar-refractivity contribution in [2.75, 3.05) is 24.7 Å². The van der Waals surface area contributed by atoms with Crippen LogP contribution in [-0.2, 0) is 14.6 Å². The first kappa shape index (κ1) is 15.3. The minimum atomic E-state index is -3.44. The van der Waals surface area contributed by atoms with E-state index in [0.29, 0.717) is 11.6 Å². The van der Waals surface area contributed by atoms with Gasteiger partial charge in [0.2, 0.25) is 0 Å². The number of nitrogen functional groups attached to an aromatic ring is 1. The van der Waals surface area contributed by atoms with E-state index in [1.165, 1.54) is 12.1 Å². The highest BCUT2D eigenvalue weighted by Crippen LogP contribution is 2.23. The highest BCUT2D eigenvalue weighted by Gasteiger charge is 2.17. The van der Waals surface area contributed by atoms with Crippen LogP contribution in [0, 0.1) is 0 Å². The van der Waals surface area contributed by atoms with E-state index in [9.17, 15) is 8.42 Å². The van der Waals surface area contributed by atoms with E-state index in [4.69, 9.17) is 22.1 Å². The number of ether oxygens (including phenoxy) is 1. The van der Waals surface area contributed by atoms with Crippen LogP contribution in [0.5, 0.6) is 0 Å². The molecule has 1 rings (SSSR count). The summed E-state index contributed by atoms with van der Waals surface area (Å²) < 4.78 is 29.3. The Labute approximate surface area is 113 Å². The van der Waals surface area contributed by atoms with E-state index in [-0.39, 0.29) is 22.9 Å². The van der Waals surface area contributed by atoms with Gasteiger partial charge in [-0.25, -0.2) is 8.42 Å². The zero-order chi connectivity index (χ0) is 13.6. The molecule has 102 valence electrons. The van der Waals surface area contributed by atoms with Gasteiger partial charge in [-0.3, -0.25) is 0 Å². The van der Waals surface area contributed by atoms with E-state index >= 15 is 0 Å². The van der Waals surface area contributed by atoms with Crippen LogP contribution < -0.4 is 5.73 Å². The predicted molar refractivity (Wildman–Crippen MR) is 73.6 cm³/mol. The van der Waals surface area contributed by atoms with Crippen molar-refractivity contribution in [1.29, 1.82) is 0 Å². The monoisotopic (exact) mass is 291 g/mol. The summed E-state index contributed by atoms with van der Waals surface area (Å²) in [6.45, 7) is 2.80. The lowest BCUT2D eigenvalue weighted by Crippen LogP contribution is -2.14. The summed E-state index contributed by atoms with van der Waals surface area (Å²) in [4.78, 5) is 0.0779. The molecule has 0 unspecified atom stereocenters. The van der Waals surface area contributed by atoms with Crippen LogP contribution in [0.1, 0.15) is 19.8 Å². The molecule has 0 aliphatic heterocycles. The third-order valence-electron chi connectivity index (χ3n) is 2.45. The molecule has 0 aliphatic carbocycles. The topological polar surface area (TPSA) is 69.4 Å². The summed E-state index contributed by atoms with van der Waals surface area (Å²) in [5.41, 5.74) is 5.86. The average molecular weight is 292 g/mol. The summed E-state index contributed by atoms with van der Waals surface area (Å²) in [7, 11) is -3.44. The smallest absolute Gasteiger partial charge is 0.182 e. The molecule has 1 aromatic carbocycles. The number of anilines is 1. The van der Waals surface area contributed by atoms with Crippen molar-refractivity contribution in [1.82, 2.24) is 0 Å². The van der Waals surface area contributed by atoms with Crippen LogP contribution in [0.4, 0.5) is 5.69 Å². The third kappa shape index (κ3) is 4.48. The number of halogens is 1. The lowest BCUT2D eigenvalue weighted by molar-refractivity contribution is 0.146. The first-order chi connectivity index (χ1) is 8.47. The zero-order valence-electron chi connectivity index (χ0n) is 10.4. The molecule has 0 amide bonds. The van der Waals surface area contributed by atoms with E-state index in [1.54, 1.807) is 6.07 Å². The second kappa shape index (κ2) is 6.97. The maximum atomic E-state index is 12.0. The summed E-state index contributed by atoms with van der Waals surface area (Å²) in [6, 6.07) is 4.43. The number of nitrogens with two attached hydrogens (primary N) is 1. The molecule has 6 heteroatoms. The average Bonchev–Trinajstić information content (AvgIpc) is 2.32. The maximum absolute atomic E-state index is 12.0. The van der Waals surface area contributed by atoms with Gasteiger partial charge in [0.25, 0.3) is 0 Å². The molecule has 0 atom stereocenters. The molecule has 0 aromatic heterocycles. The fourth-order valence-corrected chi connectivity index (χ4v) is 2.93. The number of unbranched alkanes of at least 4 members (excludes halogenated alkanes) is 1. The SMILES string of the molecule is CCCCOCCS(=O)(=O)c1cc(Cl)ccc1N. The molecular formula is C12H18ClNO3S. The Kier molecular flexibility index (Phi) is 5.91. The van der Waals surface area contributed by atoms with Crippen LogP contribution in [-0.4, -0.2) is 27.4 Å². The van der Waals surface area contributed by atoms with E-state index in [1.807, 2.05) is 6.92 Å². The van der Waals surface area contributed by atoms with Crippen LogP contribution in [0.2, 0.25) is 5.02 Å². The van der Waals surface area contributed by atoms with Crippen LogP contribution in [0.15, 0.2) is 23.1 Å². The molecule has 0 saturated carbocycles. The normalized spacial score (nSPS) is 11.7. The second-order valence-electron chi connectivity index (χ2n) is 3.97. The van der Waals surface area contributed by atoms with Crippen molar-refractivity contribution < 1.29 is 13.2 Å². The minimum absolute atomic E-state index is 0.0779. The minimum Gasteiger partial charge on any atom is -0.398 e. The van der Waals surface area contributed by atoms with Crippen molar-refractivity contribution in [3.63, 3.8) is 0 Å². The lowest BCUT2D eigenvalue weighted by Gasteiger charge is -2.08. The molecular weight excluding hydrogens is 274 g/mol. The number of hydrogen-bond acceptors (Lipinski definition) is 4. The number of hydrogen-bond donors (Lipinski definition) is 1. The Morgan fingerprint density at radius 1 is 1.33 bits per heavy atom. The van der Waals surface area contributed by atoms with Gasteiger partial charge < -0.3 is 10.5 Å². The number of sulfone groups is 1. The molecule has 4 nitrogen and oxygen atoms in total. The van der Waals surface area contributed by atoms with Gasteiger partial charge in [-0.15, -0.1) is 0 Å². The van der Waals surface area contributed by atoms with E-state index in [2.05, 4.69) is 0 Å². The maximum Gasteiger partial charge on any atom is 0.182 e. The van der Waals surface area contributed by atoms with Gasteiger partial charge >= 0.3 is 0 Å². The molecule has 0 radical (unpaired) electrons. The van der Waals surface area contributed by atoms with Gasteiger partial charge in [-0.1, -0.05) is 24.9 Å². The summed E-state index contributed by atoms with van der Waals surface area (Å²) in [5, 5.41) is 0.356. The van der Waals surface area contributed by atoms with Crippen molar-refractivity contribution in [3.05, 3.63) is 23.2 Å². The molecule has 0 fully saturated rings. The predicted octanol–water partition coefficient (Wildman–Crippen LogP) is 2.51. The molecule has 2 N–H and O–H groups in total. The first-order valence-corrected chi connectivity index (χ1v) is 7.86. The van der Waals surface area contributed by atoms with Crippen LogP contribution in [0.25, 0.3) is 0 Å². The van der Waals surface area contributed by atoms with Gasteiger partial charge in [0, 0.05) is 11.6 Å². The Hall–Kier alpha value is -0.780. The van der Waals surface area contributed by atoms with Crippen molar-refractivity contribution in [2.24, 2.45) is 0 Å². The highest BCUT2D eigenvalue weighted by atomic mass is 35.5. The molecule has 0 saturated heterocycles.